The Bertz CT molecular complexity index is 712. The minimum absolute atomic E-state index is 0.0553. The number of aromatic nitrogens is 4. The second kappa shape index (κ2) is 8.27. The lowest BCUT2D eigenvalue weighted by Gasteiger charge is -2.16. The summed E-state index contributed by atoms with van der Waals surface area (Å²) in [6.45, 7) is 4.68. The number of nitrogen functional groups attached to an aromatic ring is 2. The SMILES string of the molecule is CCOP(=O)(CCCCOn1cnc2c(N)nc(N)nc21)OCC. The molecule has 0 aliphatic rings. The Kier molecular flexibility index (Phi) is 6.36. The first-order valence-electron chi connectivity index (χ1n) is 7.76. The lowest BCUT2D eigenvalue weighted by atomic mass is 10.4. The number of rotatable bonds is 10. The number of nitrogens with two attached hydrogens (primary N) is 2. The maximum absolute atomic E-state index is 12.3. The van der Waals surface area contributed by atoms with Crippen molar-refractivity contribution in [3.8, 4) is 0 Å². The van der Waals surface area contributed by atoms with Gasteiger partial charge in [-0.15, -0.1) is 0 Å². The van der Waals surface area contributed by atoms with Crippen molar-refractivity contribution < 1.29 is 18.5 Å². The van der Waals surface area contributed by atoms with Crippen molar-refractivity contribution >= 4 is 30.5 Å². The molecule has 2 rings (SSSR count). The lowest BCUT2D eigenvalue weighted by molar-refractivity contribution is 0.114. The Morgan fingerprint density at radius 2 is 1.88 bits per heavy atom. The molecule has 0 unspecified atom stereocenters. The molecule has 4 N–H and O–H groups in total. The Labute approximate surface area is 140 Å². The van der Waals surface area contributed by atoms with Crippen LogP contribution in [0.3, 0.4) is 0 Å². The van der Waals surface area contributed by atoms with Crippen LogP contribution in [0.4, 0.5) is 11.8 Å². The highest BCUT2D eigenvalue weighted by atomic mass is 31.2. The van der Waals surface area contributed by atoms with Gasteiger partial charge in [-0.25, -0.2) is 4.98 Å². The summed E-state index contributed by atoms with van der Waals surface area (Å²) in [6, 6.07) is 0. The maximum Gasteiger partial charge on any atom is 0.330 e. The summed E-state index contributed by atoms with van der Waals surface area (Å²) in [5.41, 5.74) is 12.1. The van der Waals surface area contributed by atoms with Gasteiger partial charge in [0.15, 0.2) is 11.3 Å². The molecule has 11 heteroatoms. The second-order valence-corrected chi connectivity index (χ2v) is 7.11. The molecule has 0 aromatic carbocycles. The molecule has 2 aromatic heterocycles. The zero-order valence-corrected chi connectivity index (χ0v) is 14.7. The van der Waals surface area contributed by atoms with Crippen molar-refractivity contribution in [1.29, 1.82) is 0 Å². The van der Waals surface area contributed by atoms with Gasteiger partial charge >= 0.3 is 7.60 Å². The van der Waals surface area contributed by atoms with Crippen LogP contribution in [0.1, 0.15) is 26.7 Å². The number of imidazole rings is 1. The predicted octanol–water partition coefficient (Wildman–Crippen LogP) is 1.47. The van der Waals surface area contributed by atoms with E-state index in [4.69, 9.17) is 25.4 Å². The number of hydrogen-bond acceptors (Lipinski definition) is 9. The summed E-state index contributed by atoms with van der Waals surface area (Å²) >= 11 is 0. The van der Waals surface area contributed by atoms with E-state index in [1.54, 1.807) is 13.8 Å². The van der Waals surface area contributed by atoms with Gasteiger partial charge in [0.1, 0.15) is 12.9 Å². The van der Waals surface area contributed by atoms with Crippen LogP contribution in [0.5, 0.6) is 0 Å². The fraction of sp³-hybridized carbons (Fsp3) is 0.615. The van der Waals surface area contributed by atoms with Crippen molar-refractivity contribution in [3.63, 3.8) is 0 Å². The van der Waals surface area contributed by atoms with Gasteiger partial charge in [0.2, 0.25) is 11.6 Å². The fourth-order valence-corrected chi connectivity index (χ4v) is 3.87. The molecule has 10 nitrogen and oxygen atoms in total. The number of anilines is 2. The average Bonchev–Trinajstić information content (AvgIpc) is 2.91. The molecule has 0 bridgehead atoms. The zero-order valence-electron chi connectivity index (χ0n) is 13.8. The predicted molar refractivity (Wildman–Crippen MR) is 90.6 cm³/mol. The third-order valence-electron chi connectivity index (χ3n) is 3.12. The topological polar surface area (TPSA) is 140 Å². The van der Waals surface area contributed by atoms with Gasteiger partial charge in [-0.3, -0.25) is 4.57 Å². The third-order valence-corrected chi connectivity index (χ3v) is 5.29. The maximum atomic E-state index is 12.3. The summed E-state index contributed by atoms with van der Waals surface area (Å²) in [7, 11) is -3.00. The van der Waals surface area contributed by atoms with Gasteiger partial charge in [-0.2, -0.15) is 14.7 Å². The number of unbranched alkanes of at least 4 members (excludes halogenated alkanes) is 1. The summed E-state index contributed by atoms with van der Waals surface area (Å²) in [6.07, 6.45) is 3.12. The molecule has 0 aliphatic carbocycles. The molecule has 0 aliphatic heterocycles. The molecule has 0 saturated heterocycles. The van der Waals surface area contributed by atoms with Crippen molar-refractivity contribution in [2.24, 2.45) is 0 Å². The molecule has 24 heavy (non-hydrogen) atoms. The average molecular weight is 358 g/mol. The minimum atomic E-state index is -3.00. The van der Waals surface area contributed by atoms with Crippen LogP contribution in [0.25, 0.3) is 11.2 Å². The van der Waals surface area contributed by atoms with E-state index in [2.05, 4.69) is 15.0 Å². The molecule has 0 atom stereocenters. The summed E-state index contributed by atoms with van der Waals surface area (Å²) in [4.78, 5) is 17.6. The number of nitrogens with zero attached hydrogens (tertiary/aromatic N) is 4. The van der Waals surface area contributed by atoms with E-state index in [0.717, 1.165) is 0 Å². The van der Waals surface area contributed by atoms with E-state index in [9.17, 15) is 4.57 Å². The summed E-state index contributed by atoms with van der Waals surface area (Å²) in [5.74, 6) is 0.258. The van der Waals surface area contributed by atoms with Gasteiger partial charge < -0.3 is 25.4 Å². The first kappa shape index (κ1) is 18.4. The summed E-state index contributed by atoms with van der Waals surface area (Å²) < 4.78 is 24.2. The van der Waals surface area contributed by atoms with Crippen LogP contribution in [0.2, 0.25) is 0 Å². The van der Waals surface area contributed by atoms with Crippen molar-refractivity contribution in [2.75, 3.05) is 37.4 Å². The van der Waals surface area contributed by atoms with Crippen LogP contribution in [0.15, 0.2) is 6.33 Å². The van der Waals surface area contributed by atoms with Gasteiger partial charge in [-0.05, 0) is 26.7 Å². The molecule has 2 heterocycles. The number of fused-ring (bicyclic) bond motifs is 1. The van der Waals surface area contributed by atoms with E-state index in [-0.39, 0.29) is 11.8 Å². The van der Waals surface area contributed by atoms with Crippen LogP contribution in [-0.2, 0) is 13.6 Å². The molecule has 0 radical (unpaired) electrons. The van der Waals surface area contributed by atoms with Crippen LogP contribution in [-0.4, -0.2) is 45.7 Å². The van der Waals surface area contributed by atoms with Gasteiger partial charge in [0, 0.05) is 0 Å². The normalized spacial score (nSPS) is 11.9. The van der Waals surface area contributed by atoms with Crippen LogP contribution < -0.4 is 16.3 Å². The Morgan fingerprint density at radius 1 is 1.17 bits per heavy atom. The molecular formula is C13H23N6O4P. The van der Waals surface area contributed by atoms with Crippen molar-refractivity contribution in [1.82, 2.24) is 19.7 Å². The molecule has 2 aromatic rings. The standard InChI is InChI=1S/C13H23N6O4P/c1-3-22-24(20,23-4-2)8-6-5-7-21-19-9-16-10-11(14)17-13(15)18-12(10)19/h9H,3-8H2,1-2H3,(H4,14,15,17,18). The van der Waals surface area contributed by atoms with E-state index >= 15 is 0 Å². The monoisotopic (exact) mass is 358 g/mol. The highest BCUT2D eigenvalue weighted by Gasteiger charge is 2.22. The quantitative estimate of drug-likeness (QED) is 0.477. The Hall–Kier alpha value is -1.90. The first-order valence-corrected chi connectivity index (χ1v) is 9.49. The van der Waals surface area contributed by atoms with Gasteiger partial charge in [0.05, 0.1) is 19.4 Å². The van der Waals surface area contributed by atoms with Gasteiger partial charge in [-0.1, -0.05) is 0 Å². The number of hydrogen-bond donors (Lipinski definition) is 2. The van der Waals surface area contributed by atoms with Crippen molar-refractivity contribution in [3.05, 3.63) is 6.33 Å². The van der Waals surface area contributed by atoms with E-state index in [0.29, 0.717) is 50.0 Å². The zero-order chi connectivity index (χ0) is 17.6. The molecule has 0 amide bonds. The molecule has 0 fully saturated rings. The van der Waals surface area contributed by atoms with Gasteiger partial charge in [0.25, 0.3) is 0 Å². The van der Waals surface area contributed by atoms with E-state index in [1.807, 2.05) is 0 Å². The van der Waals surface area contributed by atoms with Crippen LogP contribution in [0, 0.1) is 0 Å². The molecular weight excluding hydrogens is 335 g/mol. The molecule has 0 spiro atoms. The Balaban J connectivity index is 1.86. The van der Waals surface area contributed by atoms with E-state index in [1.165, 1.54) is 11.1 Å². The Morgan fingerprint density at radius 3 is 2.54 bits per heavy atom. The van der Waals surface area contributed by atoms with Crippen molar-refractivity contribution in [2.45, 2.75) is 26.7 Å². The smallest absolute Gasteiger partial charge is 0.330 e. The lowest BCUT2D eigenvalue weighted by Crippen LogP contribution is -2.13. The minimum Gasteiger partial charge on any atom is -0.411 e. The first-order chi connectivity index (χ1) is 11.5. The highest BCUT2D eigenvalue weighted by molar-refractivity contribution is 7.53. The second-order valence-electron chi connectivity index (χ2n) is 4.92. The summed E-state index contributed by atoms with van der Waals surface area (Å²) in [5, 5.41) is 0. The molecule has 0 saturated carbocycles. The fourth-order valence-electron chi connectivity index (χ4n) is 2.14. The van der Waals surface area contributed by atoms with E-state index < -0.39 is 7.60 Å². The highest BCUT2D eigenvalue weighted by Crippen LogP contribution is 2.48. The molecule has 134 valence electrons. The third kappa shape index (κ3) is 4.56. The largest absolute Gasteiger partial charge is 0.411 e. The van der Waals surface area contributed by atoms with Crippen LogP contribution >= 0.6 is 7.60 Å².